The molecule has 5 rings (SSSR count). The van der Waals surface area contributed by atoms with Gasteiger partial charge < -0.3 is 14.8 Å². The van der Waals surface area contributed by atoms with Gasteiger partial charge in [-0.15, -0.1) is 0 Å². The number of ketones is 1. The minimum absolute atomic E-state index is 0.00638. The first kappa shape index (κ1) is 20.6. The van der Waals surface area contributed by atoms with Crippen LogP contribution in [0.25, 0.3) is 11.2 Å². The van der Waals surface area contributed by atoms with E-state index in [0.29, 0.717) is 11.3 Å². The van der Waals surface area contributed by atoms with E-state index in [-0.39, 0.29) is 17.6 Å². The molecular weight excluding hydrogens is 404 g/mol. The number of aromatic nitrogens is 4. The van der Waals surface area contributed by atoms with Crippen molar-refractivity contribution < 1.29 is 9.59 Å². The highest BCUT2D eigenvalue weighted by Gasteiger charge is 2.28. The highest BCUT2D eigenvalue weighted by Crippen LogP contribution is 2.29. The SMILES string of the molecule is CC(=O)c1cccc(NC(=O)C2CCN(c3ncnc4c3nc3n4CCCCC3)CC2)c1. The highest BCUT2D eigenvalue weighted by molar-refractivity contribution is 5.97. The fourth-order valence-corrected chi connectivity index (χ4v) is 4.77. The van der Waals surface area contributed by atoms with Gasteiger partial charge in [-0.05, 0) is 44.7 Å². The molecule has 1 amide bonds. The van der Waals surface area contributed by atoms with Crippen LogP contribution in [0.2, 0.25) is 0 Å². The van der Waals surface area contributed by atoms with Gasteiger partial charge in [0.25, 0.3) is 0 Å². The molecule has 0 spiro atoms. The summed E-state index contributed by atoms with van der Waals surface area (Å²) >= 11 is 0. The first-order valence-corrected chi connectivity index (χ1v) is 11.5. The van der Waals surface area contributed by atoms with Gasteiger partial charge in [0.15, 0.2) is 22.8 Å². The highest BCUT2D eigenvalue weighted by atomic mass is 16.2. The van der Waals surface area contributed by atoms with E-state index in [2.05, 4.69) is 24.8 Å². The zero-order chi connectivity index (χ0) is 22.1. The number of hydrogen-bond donors (Lipinski definition) is 1. The Labute approximate surface area is 187 Å². The predicted molar refractivity (Wildman–Crippen MR) is 123 cm³/mol. The van der Waals surface area contributed by atoms with Crippen molar-refractivity contribution >= 4 is 34.4 Å². The quantitative estimate of drug-likeness (QED) is 0.633. The molecule has 1 fully saturated rings. The maximum Gasteiger partial charge on any atom is 0.227 e. The Morgan fingerprint density at radius 3 is 2.72 bits per heavy atom. The number of rotatable bonds is 4. The van der Waals surface area contributed by atoms with Gasteiger partial charge in [0.1, 0.15) is 12.2 Å². The number of carbonyl (C=O) groups is 2. The van der Waals surface area contributed by atoms with E-state index in [9.17, 15) is 9.59 Å². The Bertz CT molecular complexity index is 1160. The summed E-state index contributed by atoms with van der Waals surface area (Å²) in [5, 5.41) is 2.98. The number of benzene rings is 1. The van der Waals surface area contributed by atoms with Crippen molar-refractivity contribution in [3.63, 3.8) is 0 Å². The second-order valence-corrected chi connectivity index (χ2v) is 8.75. The molecule has 0 aliphatic carbocycles. The minimum Gasteiger partial charge on any atom is -0.355 e. The average molecular weight is 433 g/mol. The summed E-state index contributed by atoms with van der Waals surface area (Å²) < 4.78 is 2.25. The number of carbonyl (C=O) groups excluding carboxylic acids is 2. The number of imidazole rings is 1. The Morgan fingerprint density at radius 1 is 1.06 bits per heavy atom. The van der Waals surface area contributed by atoms with Crippen molar-refractivity contribution in [3.05, 3.63) is 42.0 Å². The van der Waals surface area contributed by atoms with Crippen LogP contribution in [0.4, 0.5) is 11.5 Å². The number of hydrogen-bond acceptors (Lipinski definition) is 6. The normalized spacial score (nSPS) is 17.1. The van der Waals surface area contributed by atoms with Gasteiger partial charge in [-0.2, -0.15) is 0 Å². The topological polar surface area (TPSA) is 93.0 Å². The average Bonchev–Trinajstić information content (AvgIpc) is 3.00. The molecule has 0 atom stereocenters. The van der Waals surface area contributed by atoms with E-state index in [1.165, 1.54) is 19.8 Å². The molecule has 2 aromatic heterocycles. The minimum atomic E-state index is -0.0664. The van der Waals surface area contributed by atoms with Gasteiger partial charge in [0.05, 0.1) is 0 Å². The lowest BCUT2D eigenvalue weighted by Gasteiger charge is -2.32. The molecule has 1 saturated heterocycles. The second-order valence-electron chi connectivity index (χ2n) is 8.75. The Hall–Kier alpha value is -3.29. The number of fused-ring (bicyclic) bond motifs is 3. The molecule has 0 saturated carbocycles. The fourth-order valence-electron chi connectivity index (χ4n) is 4.77. The van der Waals surface area contributed by atoms with E-state index in [1.54, 1.807) is 24.5 Å². The smallest absolute Gasteiger partial charge is 0.227 e. The van der Waals surface area contributed by atoms with Crippen molar-refractivity contribution in [2.75, 3.05) is 23.3 Å². The lowest BCUT2D eigenvalue weighted by Crippen LogP contribution is -2.38. The van der Waals surface area contributed by atoms with E-state index in [1.807, 2.05) is 6.07 Å². The Morgan fingerprint density at radius 2 is 1.91 bits per heavy atom. The van der Waals surface area contributed by atoms with E-state index in [0.717, 1.165) is 68.1 Å². The van der Waals surface area contributed by atoms with Gasteiger partial charge in [-0.25, -0.2) is 15.0 Å². The van der Waals surface area contributed by atoms with Crippen LogP contribution in [0.15, 0.2) is 30.6 Å². The van der Waals surface area contributed by atoms with Crippen LogP contribution in [-0.4, -0.2) is 44.3 Å². The molecular formula is C24H28N6O2. The van der Waals surface area contributed by atoms with E-state index < -0.39 is 0 Å². The Balaban J connectivity index is 1.28. The summed E-state index contributed by atoms with van der Waals surface area (Å²) in [4.78, 5) is 40.7. The monoisotopic (exact) mass is 432 g/mol. The Kier molecular flexibility index (Phi) is 5.59. The molecule has 3 aromatic rings. The lowest BCUT2D eigenvalue weighted by atomic mass is 9.95. The van der Waals surface area contributed by atoms with Crippen molar-refractivity contribution in [1.29, 1.82) is 0 Å². The number of nitrogens with zero attached hydrogens (tertiary/aromatic N) is 5. The first-order chi connectivity index (χ1) is 15.6. The maximum atomic E-state index is 12.8. The molecule has 8 heteroatoms. The van der Waals surface area contributed by atoms with Gasteiger partial charge in [-0.3, -0.25) is 9.59 Å². The van der Waals surface area contributed by atoms with Gasteiger partial charge in [-0.1, -0.05) is 18.6 Å². The first-order valence-electron chi connectivity index (χ1n) is 11.5. The molecule has 0 bridgehead atoms. The number of piperidine rings is 1. The zero-order valence-electron chi connectivity index (χ0n) is 18.4. The number of Topliss-reactive ketones (excluding diaryl/α,β-unsaturated/α-hetero) is 1. The molecule has 1 N–H and O–H groups in total. The molecule has 0 radical (unpaired) electrons. The van der Waals surface area contributed by atoms with Crippen molar-refractivity contribution in [1.82, 2.24) is 19.5 Å². The summed E-state index contributed by atoms with van der Waals surface area (Å²) in [6, 6.07) is 7.10. The van der Waals surface area contributed by atoms with Crippen LogP contribution in [-0.2, 0) is 17.8 Å². The van der Waals surface area contributed by atoms with E-state index in [4.69, 9.17) is 4.98 Å². The third-order valence-electron chi connectivity index (χ3n) is 6.58. The standard InChI is InChI=1S/C24H28N6O2/c1-16(31)18-6-5-7-19(14-18)27-24(32)17-9-12-29(13-10-17)22-21-23(26-15-25-22)30-11-4-2-3-8-20(30)28-21/h5-7,14-15,17H,2-4,8-13H2,1H3,(H,27,32). The van der Waals surface area contributed by atoms with Gasteiger partial charge in [0, 0.05) is 43.2 Å². The summed E-state index contributed by atoms with van der Waals surface area (Å²) in [5.74, 6) is 1.92. The molecule has 8 nitrogen and oxygen atoms in total. The van der Waals surface area contributed by atoms with Crippen LogP contribution < -0.4 is 10.2 Å². The number of nitrogens with one attached hydrogen (secondary N) is 1. The van der Waals surface area contributed by atoms with Crippen LogP contribution in [0.1, 0.15) is 55.2 Å². The molecule has 166 valence electrons. The van der Waals surface area contributed by atoms with Crippen molar-refractivity contribution in [2.24, 2.45) is 5.92 Å². The van der Waals surface area contributed by atoms with Crippen molar-refractivity contribution in [2.45, 2.75) is 52.0 Å². The molecule has 2 aliphatic heterocycles. The van der Waals surface area contributed by atoms with Crippen LogP contribution in [0, 0.1) is 5.92 Å². The summed E-state index contributed by atoms with van der Waals surface area (Å²) in [6.45, 7) is 3.99. The molecule has 2 aliphatic rings. The van der Waals surface area contributed by atoms with Crippen LogP contribution >= 0.6 is 0 Å². The molecule has 32 heavy (non-hydrogen) atoms. The van der Waals surface area contributed by atoms with E-state index >= 15 is 0 Å². The fraction of sp³-hybridized carbons (Fsp3) is 0.458. The lowest BCUT2D eigenvalue weighted by molar-refractivity contribution is -0.120. The summed E-state index contributed by atoms with van der Waals surface area (Å²) in [7, 11) is 0. The third kappa shape index (κ3) is 3.97. The van der Waals surface area contributed by atoms with Crippen LogP contribution in [0.3, 0.4) is 0 Å². The van der Waals surface area contributed by atoms with Crippen LogP contribution in [0.5, 0.6) is 0 Å². The molecule has 4 heterocycles. The number of aryl methyl sites for hydroxylation is 2. The van der Waals surface area contributed by atoms with Gasteiger partial charge in [0.2, 0.25) is 5.91 Å². The molecule has 1 aromatic carbocycles. The summed E-state index contributed by atoms with van der Waals surface area (Å²) in [6.07, 6.45) is 7.68. The maximum absolute atomic E-state index is 12.8. The third-order valence-corrected chi connectivity index (χ3v) is 6.58. The number of anilines is 2. The zero-order valence-corrected chi connectivity index (χ0v) is 18.4. The largest absolute Gasteiger partial charge is 0.355 e. The summed E-state index contributed by atoms with van der Waals surface area (Å²) in [5.41, 5.74) is 3.08. The predicted octanol–water partition coefficient (Wildman–Crippen LogP) is 3.61. The van der Waals surface area contributed by atoms with Gasteiger partial charge >= 0.3 is 0 Å². The second kappa shape index (κ2) is 8.68. The van der Waals surface area contributed by atoms with Crippen molar-refractivity contribution in [3.8, 4) is 0 Å². The number of amides is 1. The molecule has 0 unspecified atom stereocenters.